The van der Waals surface area contributed by atoms with Crippen molar-refractivity contribution in [2.24, 2.45) is 0 Å². The van der Waals surface area contributed by atoms with Crippen molar-refractivity contribution in [2.45, 2.75) is 6.54 Å². The zero-order valence-corrected chi connectivity index (χ0v) is 9.72. The van der Waals surface area contributed by atoms with E-state index in [1.54, 1.807) is 18.2 Å². The molecular weight excluding hydrogens is 222 g/mol. The fraction of sp³-hybridized carbons (Fsp3) is 0.0667. The van der Waals surface area contributed by atoms with Gasteiger partial charge in [-0.1, -0.05) is 12.1 Å². The van der Waals surface area contributed by atoms with Gasteiger partial charge < -0.3 is 5.32 Å². The average Bonchev–Trinajstić information content (AvgIpc) is 2.46. The molecule has 2 aromatic carbocycles. The Labute approximate surface area is 106 Å². The highest BCUT2D eigenvalue weighted by atomic mass is 14.9. The Kier molecular flexibility index (Phi) is 3.59. The first-order valence-corrected chi connectivity index (χ1v) is 5.55. The molecule has 0 bridgehead atoms. The molecule has 0 saturated carbocycles. The summed E-state index contributed by atoms with van der Waals surface area (Å²) in [7, 11) is 0. The molecule has 0 aliphatic carbocycles. The van der Waals surface area contributed by atoms with Crippen LogP contribution in [0.1, 0.15) is 16.7 Å². The van der Waals surface area contributed by atoms with E-state index < -0.39 is 0 Å². The monoisotopic (exact) mass is 233 g/mol. The Balaban J connectivity index is 2.02. The van der Waals surface area contributed by atoms with E-state index in [-0.39, 0.29) is 0 Å². The molecule has 0 aliphatic heterocycles. The van der Waals surface area contributed by atoms with Gasteiger partial charge in [0.15, 0.2) is 0 Å². The van der Waals surface area contributed by atoms with Crippen LogP contribution in [0.2, 0.25) is 0 Å². The summed E-state index contributed by atoms with van der Waals surface area (Å²) < 4.78 is 0. The lowest BCUT2D eigenvalue weighted by atomic mass is 10.1. The van der Waals surface area contributed by atoms with Crippen LogP contribution in [0.25, 0.3) is 0 Å². The van der Waals surface area contributed by atoms with Crippen LogP contribution >= 0.6 is 0 Å². The van der Waals surface area contributed by atoms with Crippen molar-refractivity contribution >= 4 is 5.69 Å². The quantitative estimate of drug-likeness (QED) is 0.886. The molecule has 0 spiro atoms. The largest absolute Gasteiger partial charge is 0.381 e. The van der Waals surface area contributed by atoms with Crippen molar-refractivity contribution < 1.29 is 0 Å². The molecule has 1 N–H and O–H groups in total. The molecule has 2 rings (SSSR count). The van der Waals surface area contributed by atoms with Crippen LogP contribution in [-0.4, -0.2) is 0 Å². The molecule has 86 valence electrons. The molecule has 3 heteroatoms. The van der Waals surface area contributed by atoms with Gasteiger partial charge >= 0.3 is 0 Å². The SMILES string of the molecule is N#Cc1ccc(NCc2cccc(C#N)c2)cc1. The van der Waals surface area contributed by atoms with E-state index in [2.05, 4.69) is 17.5 Å². The summed E-state index contributed by atoms with van der Waals surface area (Å²) in [5.41, 5.74) is 3.32. The van der Waals surface area contributed by atoms with Crippen LogP contribution in [-0.2, 0) is 6.54 Å². The summed E-state index contributed by atoms with van der Waals surface area (Å²) in [6, 6.07) is 19.0. The second-order valence-corrected chi connectivity index (χ2v) is 3.85. The molecule has 18 heavy (non-hydrogen) atoms. The predicted molar refractivity (Wildman–Crippen MR) is 69.6 cm³/mol. The van der Waals surface area contributed by atoms with Gasteiger partial charge in [0.2, 0.25) is 0 Å². The molecule has 0 radical (unpaired) electrons. The van der Waals surface area contributed by atoms with Gasteiger partial charge in [0.25, 0.3) is 0 Å². The number of nitrogens with one attached hydrogen (secondary N) is 1. The highest BCUT2D eigenvalue weighted by molar-refractivity contribution is 5.47. The number of anilines is 1. The van der Waals surface area contributed by atoms with Gasteiger partial charge in [-0.2, -0.15) is 10.5 Å². The van der Waals surface area contributed by atoms with Crippen LogP contribution < -0.4 is 5.32 Å². The molecule has 0 aliphatic rings. The van der Waals surface area contributed by atoms with Gasteiger partial charge in [-0.15, -0.1) is 0 Å². The van der Waals surface area contributed by atoms with E-state index >= 15 is 0 Å². The maximum atomic E-state index is 8.80. The lowest BCUT2D eigenvalue weighted by Crippen LogP contribution is -1.99. The minimum absolute atomic E-state index is 0.645. The van der Waals surface area contributed by atoms with E-state index in [4.69, 9.17) is 10.5 Å². The zero-order valence-electron chi connectivity index (χ0n) is 9.72. The van der Waals surface area contributed by atoms with Crippen LogP contribution in [0.4, 0.5) is 5.69 Å². The third-order valence-corrected chi connectivity index (χ3v) is 2.57. The summed E-state index contributed by atoms with van der Waals surface area (Å²) in [4.78, 5) is 0. The Morgan fingerprint density at radius 3 is 2.28 bits per heavy atom. The molecule has 0 heterocycles. The minimum atomic E-state index is 0.645. The average molecular weight is 233 g/mol. The van der Waals surface area contributed by atoms with E-state index in [0.717, 1.165) is 11.3 Å². The lowest BCUT2D eigenvalue weighted by Gasteiger charge is -2.06. The van der Waals surface area contributed by atoms with Crippen molar-refractivity contribution in [1.82, 2.24) is 0 Å². The minimum Gasteiger partial charge on any atom is -0.381 e. The molecule has 0 unspecified atom stereocenters. The molecule has 0 atom stereocenters. The van der Waals surface area contributed by atoms with Crippen LogP contribution in [0, 0.1) is 22.7 Å². The molecule has 0 fully saturated rings. The van der Waals surface area contributed by atoms with Crippen LogP contribution in [0.3, 0.4) is 0 Å². The third-order valence-electron chi connectivity index (χ3n) is 2.57. The fourth-order valence-corrected chi connectivity index (χ4v) is 1.62. The number of nitriles is 2. The van der Waals surface area contributed by atoms with E-state index in [1.165, 1.54) is 0 Å². The zero-order chi connectivity index (χ0) is 12.8. The Morgan fingerprint density at radius 2 is 1.61 bits per heavy atom. The van der Waals surface area contributed by atoms with Crippen molar-refractivity contribution in [2.75, 3.05) is 5.32 Å². The number of rotatable bonds is 3. The summed E-state index contributed by atoms with van der Waals surface area (Å²) in [5.74, 6) is 0. The van der Waals surface area contributed by atoms with Crippen LogP contribution in [0.5, 0.6) is 0 Å². The predicted octanol–water partition coefficient (Wildman–Crippen LogP) is 3.04. The van der Waals surface area contributed by atoms with Gasteiger partial charge in [0.1, 0.15) is 0 Å². The third kappa shape index (κ3) is 2.87. The van der Waals surface area contributed by atoms with E-state index in [1.807, 2.05) is 30.3 Å². The normalized spacial score (nSPS) is 9.22. The second-order valence-electron chi connectivity index (χ2n) is 3.85. The number of benzene rings is 2. The summed E-state index contributed by atoms with van der Waals surface area (Å²) in [5, 5.41) is 20.7. The Bertz CT molecular complexity index is 615. The molecule has 3 nitrogen and oxygen atoms in total. The second kappa shape index (κ2) is 5.52. The van der Waals surface area contributed by atoms with Crippen molar-refractivity contribution in [3.63, 3.8) is 0 Å². The Morgan fingerprint density at radius 1 is 0.889 bits per heavy atom. The molecule has 0 saturated heterocycles. The highest BCUT2D eigenvalue weighted by Crippen LogP contribution is 2.11. The van der Waals surface area contributed by atoms with Crippen LogP contribution in [0.15, 0.2) is 48.5 Å². The summed E-state index contributed by atoms with van der Waals surface area (Å²) in [6.07, 6.45) is 0. The standard InChI is InChI=1S/C15H11N3/c16-9-12-4-6-15(7-5-12)18-11-14-3-1-2-13(8-14)10-17/h1-8,18H,11H2. The number of hydrogen-bond acceptors (Lipinski definition) is 3. The molecular formula is C15H11N3. The van der Waals surface area contributed by atoms with Crippen molar-refractivity contribution in [1.29, 1.82) is 10.5 Å². The van der Waals surface area contributed by atoms with Gasteiger partial charge in [-0.3, -0.25) is 0 Å². The first-order chi connectivity index (χ1) is 8.81. The number of hydrogen-bond donors (Lipinski definition) is 1. The summed E-state index contributed by atoms with van der Waals surface area (Å²) in [6.45, 7) is 0.654. The number of nitrogens with zero attached hydrogens (tertiary/aromatic N) is 2. The molecule has 0 aromatic heterocycles. The molecule has 2 aromatic rings. The maximum absolute atomic E-state index is 8.80. The van der Waals surface area contributed by atoms with Crippen molar-refractivity contribution in [3.8, 4) is 12.1 Å². The maximum Gasteiger partial charge on any atom is 0.0991 e. The molecule has 0 amide bonds. The Hall–Kier alpha value is -2.78. The topological polar surface area (TPSA) is 59.6 Å². The van der Waals surface area contributed by atoms with Gasteiger partial charge in [0, 0.05) is 12.2 Å². The van der Waals surface area contributed by atoms with E-state index in [0.29, 0.717) is 17.7 Å². The van der Waals surface area contributed by atoms with Gasteiger partial charge in [-0.25, -0.2) is 0 Å². The summed E-state index contributed by atoms with van der Waals surface area (Å²) >= 11 is 0. The van der Waals surface area contributed by atoms with Crippen molar-refractivity contribution in [3.05, 3.63) is 65.2 Å². The first-order valence-electron chi connectivity index (χ1n) is 5.55. The van der Waals surface area contributed by atoms with E-state index in [9.17, 15) is 0 Å². The van der Waals surface area contributed by atoms with Gasteiger partial charge in [0.05, 0.1) is 23.3 Å². The lowest BCUT2D eigenvalue weighted by molar-refractivity contribution is 1.15. The first kappa shape index (κ1) is 11.7. The smallest absolute Gasteiger partial charge is 0.0991 e. The van der Waals surface area contributed by atoms with Gasteiger partial charge in [-0.05, 0) is 42.0 Å². The fourth-order valence-electron chi connectivity index (χ4n) is 1.62. The highest BCUT2D eigenvalue weighted by Gasteiger charge is 1.96.